The first-order valence-electron chi connectivity index (χ1n) is 6.46. The van der Waals surface area contributed by atoms with Gasteiger partial charge in [0.15, 0.2) is 0 Å². The molecule has 0 aliphatic rings. The van der Waals surface area contributed by atoms with Crippen LogP contribution in [0.4, 0.5) is 0 Å². The van der Waals surface area contributed by atoms with Crippen molar-refractivity contribution in [1.29, 1.82) is 0 Å². The predicted octanol–water partition coefficient (Wildman–Crippen LogP) is 1.50. The Bertz CT molecular complexity index is 520. The molecule has 2 atom stereocenters. The number of carbonyl (C=O) groups is 1. The van der Waals surface area contributed by atoms with Crippen molar-refractivity contribution in [3.8, 4) is 5.75 Å². The number of aliphatic imine (C=N–C) groups is 1. The van der Waals surface area contributed by atoms with Gasteiger partial charge in [0.2, 0.25) is 0 Å². The third-order valence-corrected chi connectivity index (χ3v) is 3.33. The number of rotatable bonds is 6. The van der Waals surface area contributed by atoms with Gasteiger partial charge in [-0.1, -0.05) is 20.3 Å². The van der Waals surface area contributed by atoms with Gasteiger partial charge in [0.1, 0.15) is 11.8 Å². The molecule has 21 heavy (non-hydrogen) atoms. The number of aliphatic carboxylic acids is 1. The molecule has 3 N–H and O–H groups in total. The number of hydrogen-bond donors (Lipinski definition) is 3. The van der Waals surface area contributed by atoms with Gasteiger partial charge in [0, 0.05) is 43.6 Å². The largest absolute Gasteiger partial charge is 0.505 e. The van der Waals surface area contributed by atoms with Crippen LogP contribution in [0.3, 0.4) is 0 Å². The van der Waals surface area contributed by atoms with Crippen LogP contribution in [0.5, 0.6) is 5.75 Å². The third kappa shape index (κ3) is 4.88. The molecule has 117 valence electrons. The minimum absolute atomic E-state index is 0. The molecule has 6 nitrogen and oxygen atoms in total. The van der Waals surface area contributed by atoms with Crippen LogP contribution in [0.25, 0.3) is 0 Å². The van der Waals surface area contributed by atoms with Gasteiger partial charge < -0.3 is 15.3 Å². The molecule has 0 fully saturated rings. The third-order valence-electron chi connectivity index (χ3n) is 3.33. The maximum atomic E-state index is 11.2. The summed E-state index contributed by atoms with van der Waals surface area (Å²) in [5.74, 6) is -1.22. The van der Waals surface area contributed by atoms with Crippen LogP contribution in [0.1, 0.15) is 37.1 Å². The molecule has 1 heterocycles. The van der Waals surface area contributed by atoms with Gasteiger partial charge in [-0.05, 0) is 12.8 Å². The number of nitrogens with zero attached hydrogens (tertiary/aromatic N) is 2. The number of hydrogen-bond acceptors (Lipinski definition) is 5. The number of pyridine rings is 1. The van der Waals surface area contributed by atoms with Crippen LogP contribution in [0.15, 0.2) is 11.2 Å². The van der Waals surface area contributed by atoms with Gasteiger partial charge in [-0.25, -0.2) is 4.79 Å². The number of carboxylic acid groups (broad SMARTS) is 1. The van der Waals surface area contributed by atoms with Crippen LogP contribution >= 0.6 is 0 Å². The van der Waals surface area contributed by atoms with E-state index in [0.717, 1.165) is 0 Å². The standard InChI is InChI=1S/C14H20N2O4.Tc/c1-4-8(2)12(14(19)20)16-6-11-10(7-17)5-15-9(3)13(11)18;/h5-6,8,12,17-18H,4,7H2,1-3H3,(H,19,20);/t8-,12-;/m0./s1. The molecule has 0 spiro atoms. The van der Waals surface area contributed by atoms with Crippen LogP contribution in [0, 0.1) is 12.8 Å². The number of aryl methyl sites for hydroxylation is 1. The molecule has 0 bridgehead atoms. The molecule has 7 heteroatoms. The van der Waals surface area contributed by atoms with Gasteiger partial charge in [0.05, 0.1) is 12.3 Å². The zero-order valence-corrected chi connectivity index (χ0v) is 14.1. The zero-order chi connectivity index (χ0) is 15.3. The normalized spacial score (nSPS) is 13.7. The first kappa shape index (κ1) is 19.7. The van der Waals surface area contributed by atoms with Crippen molar-refractivity contribution in [3.63, 3.8) is 0 Å². The maximum Gasteiger partial charge on any atom is 0.328 e. The maximum absolute atomic E-state index is 11.2. The van der Waals surface area contributed by atoms with E-state index in [0.29, 0.717) is 23.2 Å². The summed E-state index contributed by atoms with van der Waals surface area (Å²) in [7, 11) is 0. The van der Waals surface area contributed by atoms with Crippen LogP contribution in [0.2, 0.25) is 0 Å². The summed E-state index contributed by atoms with van der Waals surface area (Å²) in [5.41, 5.74) is 1.12. The molecule has 1 radical (unpaired) electrons. The SMILES string of the molecule is CC[C@H](C)[C@H](N=Cc1c(CO)cnc(C)c1O)C(=O)O.[Tc]. The molecule has 0 aromatic carbocycles. The average Bonchev–Trinajstić information content (AvgIpc) is 2.42. The topological polar surface area (TPSA) is 103 Å². The van der Waals surface area contributed by atoms with E-state index < -0.39 is 12.0 Å². The predicted molar refractivity (Wildman–Crippen MR) is 75.0 cm³/mol. The Labute approximate surface area is 137 Å². The molecule has 1 aromatic heterocycles. The van der Waals surface area contributed by atoms with Gasteiger partial charge in [0.25, 0.3) is 0 Å². The second kappa shape index (κ2) is 8.87. The number of aliphatic hydroxyl groups excluding tert-OH is 1. The van der Waals surface area contributed by atoms with E-state index in [1.54, 1.807) is 13.8 Å². The number of aliphatic hydroxyl groups is 1. The first-order chi connectivity index (χ1) is 9.42. The molecule has 0 aliphatic heterocycles. The number of aromatic hydroxyl groups is 1. The quantitative estimate of drug-likeness (QED) is 0.651. The minimum Gasteiger partial charge on any atom is -0.505 e. The Morgan fingerprint density at radius 2 is 2.14 bits per heavy atom. The summed E-state index contributed by atoms with van der Waals surface area (Å²) in [5, 5.41) is 28.3. The fourth-order valence-corrected chi connectivity index (χ4v) is 1.75. The Kier molecular flexibility index (Phi) is 8.32. The molecule has 1 aromatic rings. The molecule has 0 unspecified atom stereocenters. The van der Waals surface area contributed by atoms with Crippen molar-refractivity contribution < 1.29 is 40.2 Å². The first-order valence-corrected chi connectivity index (χ1v) is 6.46. The minimum atomic E-state index is -1.01. The van der Waals surface area contributed by atoms with Crippen LogP contribution < -0.4 is 0 Å². The second-order valence-electron chi connectivity index (χ2n) is 4.74. The summed E-state index contributed by atoms with van der Waals surface area (Å²) in [4.78, 5) is 19.2. The number of carboxylic acids is 1. The summed E-state index contributed by atoms with van der Waals surface area (Å²) in [6, 6.07) is -0.876. The molecule has 0 aliphatic carbocycles. The van der Waals surface area contributed by atoms with E-state index in [-0.39, 0.29) is 38.4 Å². The van der Waals surface area contributed by atoms with Crippen molar-refractivity contribution in [2.24, 2.45) is 10.9 Å². The molecule has 1 rings (SSSR count). The van der Waals surface area contributed by atoms with Crippen molar-refractivity contribution >= 4 is 12.2 Å². The Balaban J connectivity index is 0.00000400. The van der Waals surface area contributed by atoms with Crippen molar-refractivity contribution in [3.05, 3.63) is 23.0 Å². The van der Waals surface area contributed by atoms with Gasteiger partial charge in [-0.2, -0.15) is 0 Å². The molecule has 0 saturated carbocycles. The van der Waals surface area contributed by atoms with Gasteiger partial charge >= 0.3 is 5.97 Å². The number of aromatic nitrogens is 1. The van der Waals surface area contributed by atoms with Gasteiger partial charge in [-0.15, -0.1) is 0 Å². The Morgan fingerprint density at radius 1 is 1.52 bits per heavy atom. The smallest absolute Gasteiger partial charge is 0.328 e. The summed E-state index contributed by atoms with van der Waals surface area (Å²) < 4.78 is 0. The summed E-state index contributed by atoms with van der Waals surface area (Å²) >= 11 is 0. The van der Waals surface area contributed by atoms with Crippen LogP contribution in [-0.2, 0) is 31.5 Å². The van der Waals surface area contributed by atoms with E-state index in [4.69, 9.17) is 5.11 Å². The van der Waals surface area contributed by atoms with Crippen LogP contribution in [-0.4, -0.2) is 38.5 Å². The fraction of sp³-hybridized carbons (Fsp3) is 0.500. The van der Waals surface area contributed by atoms with E-state index in [1.807, 2.05) is 6.92 Å². The molecular formula is C14H20N2O4Tc. The zero-order valence-electron chi connectivity index (χ0n) is 12.2. The van der Waals surface area contributed by atoms with Gasteiger partial charge in [-0.3, -0.25) is 9.98 Å². The molecular weight excluding hydrogens is 358 g/mol. The van der Waals surface area contributed by atoms with E-state index in [9.17, 15) is 15.0 Å². The average molecular weight is 378 g/mol. The summed E-state index contributed by atoms with van der Waals surface area (Å²) in [6.07, 6.45) is 3.43. The summed E-state index contributed by atoms with van der Waals surface area (Å²) in [6.45, 7) is 5.02. The van der Waals surface area contributed by atoms with Crippen molar-refractivity contribution in [2.75, 3.05) is 0 Å². The molecule has 0 saturated heterocycles. The molecule has 0 amide bonds. The fourth-order valence-electron chi connectivity index (χ4n) is 1.75. The van der Waals surface area contributed by atoms with Crippen molar-refractivity contribution in [2.45, 2.75) is 39.8 Å². The Hall–Kier alpha value is -1.30. The van der Waals surface area contributed by atoms with E-state index in [2.05, 4.69) is 9.98 Å². The second-order valence-corrected chi connectivity index (χ2v) is 4.74. The van der Waals surface area contributed by atoms with Crippen molar-refractivity contribution in [1.82, 2.24) is 4.98 Å². The van der Waals surface area contributed by atoms with E-state index in [1.165, 1.54) is 12.4 Å². The Morgan fingerprint density at radius 3 is 2.62 bits per heavy atom. The monoisotopic (exact) mass is 377 g/mol. The van der Waals surface area contributed by atoms with E-state index >= 15 is 0 Å².